The third-order valence-electron chi connectivity index (χ3n) is 6.73. The maximum atomic E-state index is 11.0. The summed E-state index contributed by atoms with van der Waals surface area (Å²) in [5, 5.41) is 20.1. The van der Waals surface area contributed by atoms with Crippen LogP contribution >= 0.6 is 0 Å². The molecule has 0 spiro atoms. The Morgan fingerprint density at radius 1 is 0.970 bits per heavy atom. The molecule has 0 radical (unpaired) electrons. The van der Waals surface area contributed by atoms with Gasteiger partial charge in [0.1, 0.15) is 6.10 Å². The first-order valence-electron chi connectivity index (χ1n) is 11.2. The highest BCUT2D eigenvalue weighted by atomic mass is 16.4. The van der Waals surface area contributed by atoms with Gasteiger partial charge in [-0.15, -0.1) is 0 Å². The van der Waals surface area contributed by atoms with Crippen LogP contribution in [-0.2, 0) is 10.8 Å². The first-order valence-corrected chi connectivity index (χ1v) is 11.2. The number of fused-ring (bicyclic) bond motifs is 1. The van der Waals surface area contributed by atoms with Crippen molar-refractivity contribution in [2.24, 2.45) is 0 Å². The van der Waals surface area contributed by atoms with E-state index in [9.17, 15) is 9.90 Å². The van der Waals surface area contributed by atoms with Crippen LogP contribution < -0.4 is 0 Å². The van der Waals surface area contributed by atoms with E-state index in [0.717, 1.165) is 29.5 Å². The molecule has 4 rings (SSSR count). The highest BCUT2D eigenvalue weighted by Gasteiger charge is 2.39. The number of hydrogen-bond donors (Lipinski definition) is 2. The van der Waals surface area contributed by atoms with Crippen LogP contribution in [0.1, 0.15) is 79.3 Å². The second kappa shape index (κ2) is 8.50. The Kier molecular flexibility index (Phi) is 5.86. The number of hydrogen-bond acceptors (Lipinski definition) is 3. The van der Waals surface area contributed by atoms with Crippen LogP contribution in [0.2, 0.25) is 0 Å². The maximum Gasteiger partial charge on any atom is 0.335 e. The predicted molar refractivity (Wildman–Crippen MR) is 130 cm³/mol. The number of benzene rings is 2. The van der Waals surface area contributed by atoms with Gasteiger partial charge in [0, 0.05) is 18.0 Å². The van der Waals surface area contributed by atoms with Gasteiger partial charge in [-0.25, -0.2) is 4.79 Å². The third kappa shape index (κ3) is 4.55. The van der Waals surface area contributed by atoms with Crippen LogP contribution in [0.25, 0.3) is 11.1 Å². The van der Waals surface area contributed by atoms with Crippen molar-refractivity contribution < 1.29 is 15.0 Å². The molecule has 168 valence electrons. The van der Waals surface area contributed by atoms with Gasteiger partial charge in [-0.2, -0.15) is 0 Å². The molecule has 1 aliphatic rings. The molecule has 0 bridgehead atoms. The largest absolute Gasteiger partial charge is 0.478 e. The molecule has 2 aromatic carbocycles. The summed E-state index contributed by atoms with van der Waals surface area (Å²) in [5.41, 5.74) is 6.43. The molecule has 0 amide bonds. The van der Waals surface area contributed by atoms with Crippen molar-refractivity contribution in [2.75, 3.05) is 0 Å². The fourth-order valence-electron chi connectivity index (χ4n) is 4.66. The number of pyridine rings is 1. The lowest BCUT2D eigenvalue weighted by atomic mass is 9.61. The molecule has 0 aliphatic heterocycles. The predicted octanol–water partition coefficient (Wildman–Crippen LogP) is 5.88. The summed E-state index contributed by atoms with van der Waals surface area (Å²) in [4.78, 5) is 15.2. The number of carboxylic acids is 1. The van der Waals surface area contributed by atoms with Gasteiger partial charge in [-0.05, 0) is 94.0 Å². The van der Waals surface area contributed by atoms with Gasteiger partial charge < -0.3 is 10.2 Å². The first kappa shape index (κ1) is 22.8. The highest BCUT2D eigenvalue weighted by molar-refractivity contribution is 5.87. The molecule has 0 saturated heterocycles. The molecular weight excluding hydrogens is 410 g/mol. The number of carbonyl (C=O) groups is 1. The number of aromatic nitrogens is 1. The summed E-state index contributed by atoms with van der Waals surface area (Å²) in [6.07, 6.45) is 4.80. The standard InChI is InChI=1S/C29H29NO3/c1-28(2)13-14-29(3,4)26-23(20-11-15-30-16-12-20)17-22(18-24(26)28)25(31)10-7-19-5-8-21(9-6-19)27(32)33/h5-6,8-9,11-12,15-18,25,31H,13-14H2,1-4H3,(H,32,33). The van der Waals surface area contributed by atoms with Gasteiger partial charge in [-0.3, -0.25) is 4.98 Å². The van der Waals surface area contributed by atoms with Gasteiger partial charge in [0.2, 0.25) is 0 Å². The summed E-state index contributed by atoms with van der Waals surface area (Å²) < 4.78 is 0. The Morgan fingerprint density at radius 3 is 2.24 bits per heavy atom. The first-order chi connectivity index (χ1) is 15.6. The van der Waals surface area contributed by atoms with Crippen LogP contribution in [0.5, 0.6) is 0 Å². The summed E-state index contributed by atoms with van der Waals surface area (Å²) in [5.74, 6) is 4.95. The quantitative estimate of drug-likeness (QED) is 0.500. The van der Waals surface area contributed by atoms with E-state index >= 15 is 0 Å². The Balaban J connectivity index is 1.81. The minimum absolute atomic E-state index is 0.0115. The van der Waals surface area contributed by atoms with E-state index in [0.29, 0.717) is 5.56 Å². The molecule has 33 heavy (non-hydrogen) atoms. The van der Waals surface area contributed by atoms with Crippen LogP contribution in [0.15, 0.2) is 60.9 Å². The second-order valence-corrected chi connectivity index (χ2v) is 10.0. The molecule has 1 aliphatic carbocycles. The van der Waals surface area contributed by atoms with Crippen molar-refractivity contribution in [1.29, 1.82) is 0 Å². The summed E-state index contributed by atoms with van der Waals surface area (Å²) in [7, 11) is 0. The van der Waals surface area contributed by atoms with Crippen molar-refractivity contribution in [2.45, 2.75) is 57.5 Å². The van der Waals surface area contributed by atoms with Crippen molar-refractivity contribution in [1.82, 2.24) is 4.98 Å². The van der Waals surface area contributed by atoms with Gasteiger partial charge in [-0.1, -0.05) is 45.6 Å². The number of aliphatic hydroxyl groups is 1. The molecule has 1 unspecified atom stereocenters. The van der Waals surface area contributed by atoms with E-state index in [1.165, 1.54) is 23.3 Å². The Bertz CT molecular complexity index is 1250. The summed E-state index contributed by atoms with van der Waals surface area (Å²) in [6, 6.07) is 14.6. The SMILES string of the molecule is CC1(C)CCC(C)(C)c2c(-c3ccncc3)cc(C(O)C#Cc3ccc(C(=O)O)cc3)cc21. The molecular formula is C29H29NO3. The number of aromatic carboxylic acids is 1. The average molecular weight is 440 g/mol. The van der Waals surface area contributed by atoms with Gasteiger partial charge in [0.05, 0.1) is 5.56 Å². The topological polar surface area (TPSA) is 70.4 Å². The highest BCUT2D eigenvalue weighted by Crippen LogP contribution is 2.50. The lowest BCUT2D eigenvalue weighted by molar-refractivity contribution is 0.0697. The molecule has 1 heterocycles. The smallest absolute Gasteiger partial charge is 0.335 e. The van der Waals surface area contributed by atoms with E-state index in [4.69, 9.17) is 5.11 Å². The van der Waals surface area contributed by atoms with E-state index in [1.807, 2.05) is 12.1 Å². The molecule has 4 nitrogen and oxygen atoms in total. The van der Waals surface area contributed by atoms with E-state index in [-0.39, 0.29) is 16.4 Å². The van der Waals surface area contributed by atoms with Crippen molar-refractivity contribution in [3.05, 3.63) is 88.7 Å². The zero-order chi connectivity index (χ0) is 23.8. The van der Waals surface area contributed by atoms with E-state index in [2.05, 4.69) is 56.7 Å². The molecule has 1 atom stereocenters. The van der Waals surface area contributed by atoms with E-state index < -0.39 is 12.1 Å². The van der Waals surface area contributed by atoms with Gasteiger partial charge in [0.15, 0.2) is 0 Å². The number of nitrogens with zero attached hydrogens (tertiary/aromatic N) is 1. The van der Waals surface area contributed by atoms with Crippen LogP contribution in [-0.4, -0.2) is 21.2 Å². The average Bonchev–Trinajstić information content (AvgIpc) is 2.80. The van der Waals surface area contributed by atoms with Crippen molar-refractivity contribution in [3.63, 3.8) is 0 Å². The number of aliphatic hydroxyl groups excluding tert-OH is 1. The summed E-state index contributed by atoms with van der Waals surface area (Å²) in [6.45, 7) is 9.12. The lowest BCUT2D eigenvalue weighted by Crippen LogP contribution is -2.34. The fourth-order valence-corrected chi connectivity index (χ4v) is 4.66. The Hall–Kier alpha value is -3.42. The lowest BCUT2D eigenvalue weighted by Gasteiger charge is -2.43. The number of rotatable bonds is 3. The summed E-state index contributed by atoms with van der Waals surface area (Å²) >= 11 is 0. The number of carboxylic acid groups (broad SMARTS) is 1. The minimum atomic E-state index is -0.974. The van der Waals surface area contributed by atoms with Crippen molar-refractivity contribution in [3.8, 4) is 23.0 Å². The molecule has 2 N–H and O–H groups in total. The van der Waals surface area contributed by atoms with Gasteiger partial charge in [0.25, 0.3) is 0 Å². The monoisotopic (exact) mass is 439 g/mol. The van der Waals surface area contributed by atoms with Crippen LogP contribution in [0.4, 0.5) is 0 Å². The molecule has 4 heteroatoms. The van der Waals surface area contributed by atoms with Crippen LogP contribution in [0, 0.1) is 11.8 Å². The molecule has 0 fully saturated rings. The fraction of sp³-hybridized carbons (Fsp3) is 0.310. The normalized spacial score (nSPS) is 16.8. The van der Waals surface area contributed by atoms with Crippen molar-refractivity contribution >= 4 is 5.97 Å². The zero-order valence-corrected chi connectivity index (χ0v) is 19.5. The molecule has 1 aromatic heterocycles. The maximum absolute atomic E-state index is 11.0. The third-order valence-corrected chi connectivity index (χ3v) is 6.73. The molecule has 3 aromatic rings. The van der Waals surface area contributed by atoms with Gasteiger partial charge >= 0.3 is 5.97 Å². The Morgan fingerprint density at radius 2 is 1.61 bits per heavy atom. The van der Waals surface area contributed by atoms with Crippen LogP contribution in [0.3, 0.4) is 0 Å². The second-order valence-electron chi connectivity index (χ2n) is 10.0. The molecule has 0 saturated carbocycles. The zero-order valence-electron chi connectivity index (χ0n) is 19.5. The van der Waals surface area contributed by atoms with E-state index in [1.54, 1.807) is 24.5 Å². The Labute approximate surface area is 195 Å². The minimum Gasteiger partial charge on any atom is -0.478 e.